The number of halogens is 1. The highest BCUT2D eigenvalue weighted by Gasteiger charge is 2.34. The Balaban J connectivity index is 2.10. The molecule has 1 saturated heterocycles. The van der Waals surface area contributed by atoms with Gasteiger partial charge in [-0.1, -0.05) is 12.1 Å². The Morgan fingerprint density at radius 3 is 2.39 bits per heavy atom. The molecular formula is C12H11IN2O3. The Morgan fingerprint density at radius 1 is 1.28 bits per heavy atom. The van der Waals surface area contributed by atoms with Crippen LogP contribution in [0.15, 0.2) is 24.3 Å². The minimum Gasteiger partial charge on any atom is -0.318 e. The molecule has 1 aromatic rings. The molecule has 0 atom stereocenters. The van der Waals surface area contributed by atoms with Crippen molar-refractivity contribution in [3.05, 3.63) is 33.4 Å². The third-order valence-corrected chi connectivity index (χ3v) is 3.42. The van der Waals surface area contributed by atoms with Gasteiger partial charge in [0.2, 0.25) is 0 Å². The van der Waals surface area contributed by atoms with Crippen molar-refractivity contribution in [2.24, 2.45) is 0 Å². The predicted molar refractivity (Wildman–Crippen MR) is 73.2 cm³/mol. The van der Waals surface area contributed by atoms with Gasteiger partial charge in [0.05, 0.1) is 6.54 Å². The topological polar surface area (TPSA) is 57.7 Å². The molecule has 0 N–H and O–H groups in total. The fourth-order valence-electron chi connectivity index (χ4n) is 1.70. The van der Waals surface area contributed by atoms with Crippen LogP contribution < -0.4 is 0 Å². The summed E-state index contributed by atoms with van der Waals surface area (Å²) < 4.78 is 1.03. The molecule has 0 radical (unpaired) electrons. The lowest BCUT2D eigenvalue weighted by Gasteiger charge is -2.13. The van der Waals surface area contributed by atoms with E-state index in [0.29, 0.717) is 5.56 Å². The summed E-state index contributed by atoms with van der Waals surface area (Å²) >= 11 is 2.14. The first-order valence-electron chi connectivity index (χ1n) is 5.33. The summed E-state index contributed by atoms with van der Waals surface area (Å²) in [5, 5.41) is 0. The molecule has 1 heterocycles. The lowest BCUT2D eigenvalue weighted by atomic mass is 10.1. The number of imide groups is 1. The zero-order chi connectivity index (χ0) is 13.3. The first-order valence-corrected chi connectivity index (χ1v) is 6.41. The van der Waals surface area contributed by atoms with Gasteiger partial charge in [-0.2, -0.15) is 0 Å². The van der Waals surface area contributed by atoms with E-state index in [4.69, 9.17) is 0 Å². The molecule has 0 aromatic heterocycles. The average molecular weight is 358 g/mol. The highest BCUT2D eigenvalue weighted by Crippen LogP contribution is 2.11. The van der Waals surface area contributed by atoms with Crippen LogP contribution in [0.2, 0.25) is 0 Å². The smallest absolute Gasteiger partial charge is 0.318 e. The number of hydrogen-bond donors (Lipinski definition) is 0. The van der Waals surface area contributed by atoms with Crippen LogP contribution in [0.1, 0.15) is 10.4 Å². The molecule has 0 spiro atoms. The first kappa shape index (κ1) is 13.0. The molecule has 5 nitrogen and oxygen atoms in total. The van der Waals surface area contributed by atoms with Crippen molar-refractivity contribution in [2.75, 3.05) is 20.1 Å². The van der Waals surface area contributed by atoms with Crippen LogP contribution in [0.5, 0.6) is 0 Å². The van der Waals surface area contributed by atoms with E-state index in [-0.39, 0.29) is 24.8 Å². The Hall–Kier alpha value is -1.44. The SMILES string of the molecule is CN1CC(=O)N(CC(=O)c2ccc(I)cc2)C1=O. The van der Waals surface area contributed by atoms with Crippen molar-refractivity contribution in [1.29, 1.82) is 0 Å². The summed E-state index contributed by atoms with van der Waals surface area (Å²) in [5.41, 5.74) is 0.505. The van der Waals surface area contributed by atoms with Crippen molar-refractivity contribution >= 4 is 40.3 Å². The zero-order valence-corrected chi connectivity index (χ0v) is 11.9. The monoisotopic (exact) mass is 358 g/mol. The Morgan fingerprint density at radius 2 is 1.89 bits per heavy atom. The van der Waals surface area contributed by atoms with Crippen LogP contribution in [0.3, 0.4) is 0 Å². The van der Waals surface area contributed by atoms with E-state index >= 15 is 0 Å². The third-order valence-electron chi connectivity index (χ3n) is 2.70. The molecule has 6 heteroatoms. The number of nitrogens with zero attached hydrogens (tertiary/aromatic N) is 2. The highest BCUT2D eigenvalue weighted by atomic mass is 127. The van der Waals surface area contributed by atoms with Gasteiger partial charge in [0.15, 0.2) is 5.78 Å². The van der Waals surface area contributed by atoms with Crippen LogP contribution in [0.4, 0.5) is 4.79 Å². The number of ketones is 1. The van der Waals surface area contributed by atoms with Gasteiger partial charge >= 0.3 is 6.03 Å². The van der Waals surface area contributed by atoms with Crippen molar-refractivity contribution in [1.82, 2.24) is 9.80 Å². The van der Waals surface area contributed by atoms with Crippen molar-refractivity contribution < 1.29 is 14.4 Å². The van der Waals surface area contributed by atoms with Gasteiger partial charge in [-0.3, -0.25) is 14.5 Å². The van der Waals surface area contributed by atoms with E-state index in [1.54, 1.807) is 12.1 Å². The maximum absolute atomic E-state index is 11.9. The van der Waals surface area contributed by atoms with Crippen LogP contribution in [0.25, 0.3) is 0 Å². The van der Waals surface area contributed by atoms with Gasteiger partial charge < -0.3 is 4.90 Å². The van der Waals surface area contributed by atoms with Gasteiger partial charge in [0.25, 0.3) is 5.91 Å². The van der Waals surface area contributed by atoms with Gasteiger partial charge in [-0.05, 0) is 34.7 Å². The van der Waals surface area contributed by atoms with E-state index in [1.165, 1.54) is 11.9 Å². The van der Waals surface area contributed by atoms with Gasteiger partial charge in [0, 0.05) is 16.2 Å². The standard InChI is InChI=1S/C12H11IN2O3/c1-14-7-11(17)15(12(14)18)6-10(16)8-2-4-9(13)5-3-8/h2-5H,6-7H2,1H3. The largest absolute Gasteiger partial charge is 0.327 e. The van der Waals surface area contributed by atoms with Crippen LogP contribution in [-0.2, 0) is 4.79 Å². The van der Waals surface area contributed by atoms with Gasteiger partial charge in [-0.15, -0.1) is 0 Å². The normalized spacial score (nSPS) is 15.4. The lowest BCUT2D eigenvalue weighted by molar-refractivity contribution is -0.125. The number of urea groups is 1. The van der Waals surface area contributed by atoms with E-state index in [9.17, 15) is 14.4 Å². The van der Waals surface area contributed by atoms with Crippen molar-refractivity contribution in [3.8, 4) is 0 Å². The lowest BCUT2D eigenvalue weighted by Crippen LogP contribution is -2.36. The zero-order valence-electron chi connectivity index (χ0n) is 9.72. The number of rotatable bonds is 3. The maximum Gasteiger partial charge on any atom is 0.327 e. The van der Waals surface area contributed by atoms with Crippen molar-refractivity contribution in [3.63, 3.8) is 0 Å². The van der Waals surface area contributed by atoms with Crippen molar-refractivity contribution in [2.45, 2.75) is 0 Å². The molecule has 1 aromatic carbocycles. The molecular weight excluding hydrogens is 347 g/mol. The number of benzene rings is 1. The summed E-state index contributed by atoms with van der Waals surface area (Å²) in [7, 11) is 1.54. The van der Waals surface area contributed by atoms with Crippen LogP contribution >= 0.6 is 22.6 Å². The third kappa shape index (κ3) is 2.53. The molecule has 1 aliphatic rings. The molecule has 0 aliphatic carbocycles. The molecule has 0 saturated carbocycles. The Kier molecular flexibility index (Phi) is 3.65. The molecule has 94 valence electrons. The summed E-state index contributed by atoms with van der Waals surface area (Å²) in [6.45, 7) is -0.151. The highest BCUT2D eigenvalue weighted by molar-refractivity contribution is 14.1. The Labute approximate surface area is 118 Å². The Bertz CT molecular complexity index is 513. The number of carbonyl (C=O) groups excluding carboxylic acids is 3. The molecule has 0 unspecified atom stereocenters. The summed E-state index contributed by atoms with van der Waals surface area (Å²) in [6.07, 6.45) is 0. The van der Waals surface area contributed by atoms with E-state index in [2.05, 4.69) is 22.6 Å². The summed E-state index contributed by atoms with van der Waals surface area (Å²) in [4.78, 5) is 37.4. The second-order valence-electron chi connectivity index (χ2n) is 4.05. The van der Waals surface area contributed by atoms with E-state index in [0.717, 1.165) is 8.47 Å². The number of carbonyl (C=O) groups is 3. The summed E-state index contributed by atoms with van der Waals surface area (Å²) in [6, 6.07) is 6.59. The van der Waals surface area contributed by atoms with Crippen LogP contribution in [0, 0.1) is 3.57 Å². The quantitative estimate of drug-likeness (QED) is 0.466. The number of hydrogen-bond acceptors (Lipinski definition) is 3. The molecule has 18 heavy (non-hydrogen) atoms. The minimum absolute atomic E-state index is 0.0405. The number of likely N-dealkylation sites (N-methyl/N-ethyl adjacent to an activating group) is 1. The first-order chi connectivity index (χ1) is 8.49. The van der Waals surface area contributed by atoms with E-state index < -0.39 is 6.03 Å². The van der Waals surface area contributed by atoms with Crippen LogP contribution in [-0.4, -0.2) is 47.7 Å². The maximum atomic E-state index is 11.9. The fraction of sp³-hybridized carbons (Fsp3) is 0.250. The minimum atomic E-state index is -0.418. The molecule has 1 aliphatic heterocycles. The van der Waals surface area contributed by atoms with Gasteiger partial charge in [0.1, 0.15) is 6.54 Å². The van der Waals surface area contributed by atoms with Gasteiger partial charge in [-0.25, -0.2) is 4.79 Å². The van der Waals surface area contributed by atoms with E-state index in [1.807, 2.05) is 12.1 Å². The second-order valence-corrected chi connectivity index (χ2v) is 5.29. The fourth-order valence-corrected chi connectivity index (χ4v) is 2.05. The second kappa shape index (κ2) is 5.05. The number of amides is 3. The molecule has 0 bridgehead atoms. The average Bonchev–Trinajstić information content (AvgIpc) is 2.57. The molecule has 2 rings (SSSR count). The molecule has 1 fully saturated rings. The molecule has 3 amide bonds. The summed E-state index contributed by atoms with van der Waals surface area (Å²) in [5.74, 6) is -0.565. The number of Topliss-reactive ketones (excluding diaryl/α,β-unsaturated/α-hetero) is 1. The predicted octanol–water partition coefficient (Wildman–Crippen LogP) is 1.37.